The summed E-state index contributed by atoms with van der Waals surface area (Å²) >= 11 is 0. The van der Waals surface area contributed by atoms with Crippen molar-refractivity contribution in [2.75, 3.05) is 13.2 Å². The number of hydrogen-bond donors (Lipinski definition) is 0. The lowest BCUT2D eigenvalue weighted by atomic mass is 9.74. The van der Waals surface area contributed by atoms with Crippen molar-refractivity contribution >= 4 is 23.5 Å². The normalized spacial score (nSPS) is 13.0. The van der Waals surface area contributed by atoms with E-state index in [9.17, 15) is 19.2 Å². The molecule has 6 nitrogen and oxygen atoms in total. The molecule has 0 radical (unpaired) electrons. The zero-order chi connectivity index (χ0) is 30.9. The van der Waals surface area contributed by atoms with Gasteiger partial charge in [0.1, 0.15) is 0 Å². The molecule has 0 aromatic heterocycles. The summed E-state index contributed by atoms with van der Waals surface area (Å²) in [5.41, 5.74) is 3.10. The number of ether oxygens (including phenoxy) is 2. The van der Waals surface area contributed by atoms with Gasteiger partial charge in [-0.1, -0.05) is 66.5 Å². The Bertz CT molecular complexity index is 1190. The van der Waals surface area contributed by atoms with Crippen LogP contribution >= 0.6 is 0 Å². The van der Waals surface area contributed by atoms with E-state index in [-0.39, 0.29) is 34.3 Å². The van der Waals surface area contributed by atoms with Crippen molar-refractivity contribution in [3.05, 3.63) is 69.8 Å². The average Bonchev–Trinajstić information content (AvgIpc) is 2.95. The van der Waals surface area contributed by atoms with Gasteiger partial charge in [-0.15, -0.1) is 0 Å². The second kappa shape index (κ2) is 14.8. The highest BCUT2D eigenvalue weighted by atomic mass is 16.5. The molecule has 0 amide bonds. The molecule has 0 saturated heterocycles. The number of carbonyl (C=O) groups is 4. The molecule has 1 aliphatic carbocycles. The molecule has 0 saturated carbocycles. The fourth-order valence-corrected chi connectivity index (χ4v) is 5.44. The molecule has 228 valence electrons. The molecule has 0 heterocycles. The Balaban J connectivity index is 1.69. The number of benzene rings is 2. The van der Waals surface area contributed by atoms with Crippen molar-refractivity contribution in [2.45, 2.75) is 117 Å². The molecule has 0 spiro atoms. The van der Waals surface area contributed by atoms with Crippen LogP contribution in [-0.4, -0.2) is 36.7 Å². The van der Waals surface area contributed by atoms with Gasteiger partial charge in [-0.25, -0.2) is 0 Å². The highest BCUT2D eigenvalue weighted by Crippen LogP contribution is 2.37. The molecule has 0 fully saturated rings. The van der Waals surface area contributed by atoms with Crippen LogP contribution < -0.4 is 0 Å². The Morgan fingerprint density at radius 1 is 0.595 bits per heavy atom. The predicted molar refractivity (Wildman–Crippen MR) is 165 cm³/mol. The van der Waals surface area contributed by atoms with Gasteiger partial charge in [-0.2, -0.15) is 0 Å². The largest absolute Gasteiger partial charge is 0.466 e. The lowest BCUT2D eigenvalue weighted by molar-refractivity contribution is -0.144. The minimum Gasteiger partial charge on any atom is -0.466 e. The quantitative estimate of drug-likeness (QED) is 0.127. The maximum Gasteiger partial charge on any atom is 0.305 e. The molecule has 42 heavy (non-hydrogen) atoms. The molecule has 3 rings (SSSR count). The number of hydrogen-bond acceptors (Lipinski definition) is 6. The first kappa shape index (κ1) is 33.2. The summed E-state index contributed by atoms with van der Waals surface area (Å²) in [4.78, 5) is 51.3. The van der Waals surface area contributed by atoms with Gasteiger partial charge >= 0.3 is 11.9 Å². The lowest BCUT2D eigenvalue weighted by Gasteiger charge is -2.29. The molecule has 0 atom stereocenters. The van der Waals surface area contributed by atoms with Gasteiger partial charge in [0.15, 0.2) is 11.6 Å². The van der Waals surface area contributed by atoms with Crippen molar-refractivity contribution in [2.24, 2.45) is 0 Å². The summed E-state index contributed by atoms with van der Waals surface area (Å²) in [7, 11) is 0. The first-order valence-corrected chi connectivity index (χ1v) is 15.6. The second-order valence-electron chi connectivity index (χ2n) is 12.8. The minimum absolute atomic E-state index is 0.143. The fourth-order valence-electron chi connectivity index (χ4n) is 5.44. The Morgan fingerprint density at radius 3 is 1.33 bits per heavy atom. The van der Waals surface area contributed by atoms with E-state index >= 15 is 0 Å². The predicted octanol–water partition coefficient (Wildman–Crippen LogP) is 8.04. The number of rotatable bonds is 16. The van der Waals surface area contributed by atoms with Gasteiger partial charge in [0.25, 0.3) is 0 Å². The lowest BCUT2D eigenvalue weighted by Crippen LogP contribution is -2.25. The average molecular weight is 577 g/mol. The minimum atomic E-state index is -0.279. The van der Waals surface area contributed by atoms with Crippen molar-refractivity contribution in [3.8, 4) is 0 Å². The van der Waals surface area contributed by atoms with E-state index in [4.69, 9.17) is 9.47 Å². The highest BCUT2D eigenvalue weighted by Gasteiger charge is 2.33. The molecule has 0 aliphatic heterocycles. The Labute approximate surface area is 251 Å². The summed E-state index contributed by atoms with van der Waals surface area (Å²) in [6.07, 6.45) is 7.33. The summed E-state index contributed by atoms with van der Waals surface area (Å²) in [5, 5.41) is 0. The van der Waals surface area contributed by atoms with Crippen molar-refractivity contribution in [1.82, 2.24) is 0 Å². The van der Waals surface area contributed by atoms with Crippen molar-refractivity contribution in [1.29, 1.82) is 0 Å². The smallest absolute Gasteiger partial charge is 0.305 e. The standard InChI is InChI=1S/C36H48O6/c1-7-9-21-41-31(37)13-11-19-35(3,4)25-15-17-27-29(23-25)33(39)28-18-16-26(24-30(28)34(27)40)36(5,6)20-12-14-32(38)42-22-10-8-2/h15-18,23-24H,7-14,19-22H2,1-6H3. The molecular weight excluding hydrogens is 528 g/mol. The third kappa shape index (κ3) is 8.39. The van der Waals surface area contributed by atoms with Crippen LogP contribution in [0.5, 0.6) is 0 Å². The molecule has 1 aliphatic rings. The van der Waals surface area contributed by atoms with Crippen LogP contribution in [-0.2, 0) is 29.9 Å². The van der Waals surface area contributed by atoms with Gasteiger partial charge in [0.05, 0.1) is 13.2 Å². The van der Waals surface area contributed by atoms with Gasteiger partial charge < -0.3 is 9.47 Å². The Morgan fingerprint density at radius 2 is 0.976 bits per heavy atom. The van der Waals surface area contributed by atoms with Crippen LogP contribution in [0.3, 0.4) is 0 Å². The van der Waals surface area contributed by atoms with E-state index in [2.05, 4.69) is 41.5 Å². The van der Waals surface area contributed by atoms with Gasteiger partial charge in [-0.3, -0.25) is 19.2 Å². The van der Waals surface area contributed by atoms with E-state index in [1.807, 2.05) is 24.3 Å². The number of fused-ring (bicyclic) bond motifs is 2. The summed E-state index contributed by atoms with van der Waals surface area (Å²) in [6, 6.07) is 11.1. The monoisotopic (exact) mass is 576 g/mol. The molecule has 2 aromatic carbocycles. The van der Waals surface area contributed by atoms with Crippen molar-refractivity contribution < 1.29 is 28.7 Å². The van der Waals surface area contributed by atoms with Crippen LogP contribution in [0.15, 0.2) is 36.4 Å². The number of esters is 2. The third-order valence-corrected chi connectivity index (χ3v) is 8.47. The summed E-state index contributed by atoms with van der Waals surface area (Å²) in [5.74, 6) is -0.629. The SMILES string of the molecule is CCCCOC(=O)CCCC(C)(C)c1ccc2c(c1)C(=O)c1ccc(C(C)(C)CCCC(=O)OCCCC)cc1C2=O. The maximum atomic E-state index is 13.6. The fraction of sp³-hybridized carbons (Fsp3) is 0.556. The van der Waals surface area contributed by atoms with E-state index < -0.39 is 0 Å². The first-order chi connectivity index (χ1) is 19.9. The van der Waals surface area contributed by atoms with E-state index in [1.165, 1.54) is 0 Å². The topological polar surface area (TPSA) is 86.7 Å². The Hall–Kier alpha value is -3.28. The highest BCUT2D eigenvalue weighted by molar-refractivity contribution is 6.28. The van der Waals surface area contributed by atoms with Gasteiger partial charge in [0.2, 0.25) is 0 Å². The van der Waals surface area contributed by atoms with E-state index in [0.717, 1.165) is 49.7 Å². The molecule has 2 aromatic rings. The van der Waals surface area contributed by atoms with Crippen LogP contribution in [0, 0.1) is 0 Å². The van der Waals surface area contributed by atoms with Crippen LogP contribution in [0.1, 0.15) is 149 Å². The molecule has 0 unspecified atom stereocenters. The Kier molecular flexibility index (Phi) is 11.7. The second-order valence-corrected chi connectivity index (χ2v) is 12.8. The molecular formula is C36H48O6. The zero-order valence-corrected chi connectivity index (χ0v) is 26.4. The van der Waals surface area contributed by atoms with Gasteiger partial charge in [-0.05, 0) is 84.7 Å². The number of carbonyl (C=O) groups excluding carboxylic acids is 4. The molecule has 6 heteroatoms. The summed E-state index contributed by atoms with van der Waals surface area (Å²) in [6.45, 7) is 13.4. The third-order valence-electron chi connectivity index (χ3n) is 8.47. The number of ketones is 2. The van der Waals surface area contributed by atoms with Crippen LogP contribution in [0.4, 0.5) is 0 Å². The van der Waals surface area contributed by atoms with Crippen LogP contribution in [0.2, 0.25) is 0 Å². The number of unbranched alkanes of at least 4 members (excludes halogenated alkanes) is 2. The van der Waals surface area contributed by atoms with E-state index in [1.54, 1.807) is 12.1 Å². The van der Waals surface area contributed by atoms with E-state index in [0.29, 0.717) is 61.2 Å². The molecule has 0 N–H and O–H groups in total. The molecule has 0 bridgehead atoms. The first-order valence-electron chi connectivity index (χ1n) is 15.6. The van der Waals surface area contributed by atoms with Crippen molar-refractivity contribution in [3.63, 3.8) is 0 Å². The van der Waals surface area contributed by atoms with Crippen LogP contribution in [0.25, 0.3) is 0 Å². The summed E-state index contributed by atoms with van der Waals surface area (Å²) < 4.78 is 10.5. The maximum absolute atomic E-state index is 13.6. The van der Waals surface area contributed by atoms with Gasteiger partial charge in [0, 0.05) is 35.1 Å². The zero-order valence-electron chi connectivity index (χ0n) is 26.4.